The van der Waals surface area contributed by atoms with Crippen LogP contribution in [0, 0.1) is 16.7 Å². The Morgan fingerprint density at radius 3 is 2.63 bits per heavy atom. The molecule has 2 aromatic heterocycles. The Bertz CT molecular complexity index is 1640. The number of amides is 5. The molecule has 3 atom stereocenters. The predicted octanol–water partition coefficient (Wildman–Crippen LogP) is 1.93. The molecule has 5 amide bonds. The zero-order valence-corrected chi connectivity index (χ0v) is 22.4. The molecular weight excluding hydrogens is 558 g/mol. The number of rotatable bonds is 3. The van der Waals surface area contributed by atoms with Gasteiger partial charge in [-0.2, -0.15) is 5.26 Å². The highest BCUT2D eigenvalue weighted by Crippen LogP contribution is 2.50. The van der Waals surface area contributed by atoms with Gasteiger partial charge < -0.3 is 24.2 Å². The fraction of sp³-hybridized carbons (Fsp3) is 0.346. The third kappa shape index (κ3) is 4.21. The van der Waals surface area contributed by atoms with Gasteiger partial charge in [0.2, 0.25) is 17.4 Å². The quantitative estimate of drug-likeness (QED) is 0.384. The number of aromatic nitrogens is 2. The van der Waals surface area contributed by atoms with Crippen LogP contribution in [0.15, 0.2) is 28.8 Å². The molecule has 210 valence electrons. The molecular formula is C26H22ClN7O7. The lowest BCUT2D eigenvalue weighted by Crippen LogP contribution is -2.75. The number of imide groups is 2. The van der Waals surface area contributed by atoms with E-state index >= 15 is 0 Å². The molecule has 41 heavy (non-hydrogen) atoms. The van der Waals surface area contributed by atoms with Crippen molar-refractivity contribution < 1.29 is 33.2 Å². The largest absolute Gasteiger partial charge is 0.414 e. The molecule has 2 fully saturated rings. The third-order valence-corrected chi connectivity index (χ3v) is 7.81. The molecule has 6 rings (SSSR count). The highest BCUT2D eigenvalue weighted by molar-refractivity contribution is 6.38. The average molecular weight is 580 g/mol. The molecule has 3 N–H and O–H groups in total. The summed E-state index contributed by atoms with van der Waals surface area (Å²) >= 11 is 6.82. The first-order valence-corrected chi connectivity index (χ1v) is 13.0. The smallest absolute Gasteiger partial charge is 0.385 e. The van der Waals surface area contributed by atoms with Crippen LogP contribution in [0.1, 0.15) is 30.7 Å². The number of benzene rings is 1. The average Bonchev–Trinajstić information content (AvgIpc) is 3.32. The minimum atomic E-state index is -1.76. The first-order valence-electron chi connectivity index (χ1n) is 12.6. The van der Waals surface area contributed by atoms with Crippen molar-refractivity contribution in [1.29, 1.82) is 5.26 Å². The van der Waals surface area contributed by atoms with Gasteiger partial charge in [-0.25, -0.2) is 14.6 Å². The molecule has 3 aromatic rings. The summed E-state index contributed by atoms with van der Waals surface area (Å²) in [6.07, 6.45) is -1.96. The molecule has 0 bridgehead atoms. The van der Waals surface area contributed by atoms with Gasteiger partial charge >= 0.3 is 12.1 Å². The van der Waals surface area contributed by atoms with E-state index in [1.165, 1.54) is 0 Å². The molecule has 0 saturated carbocycles. The van der Waals surface area contributed by atoms with Crippen LogP contribution in [0.25, 0.3) is 11.1 Å². The second-order valence-electron chi connectivity index (χ2n) is 10.1. The van der Waals surface area contributed by atoms with Crippen molar-refractivity contribution in [2.75, 3.05) is 11.4 Å². The van der Waals surface area contributed by atoms with E-state index in [0.717, 1.165) is 5.56 Å². The van der Waals surface area contributed by atoms with E-state index in [1.807, 2.05) is 13.0 Å². The van der Waals surface area contributed by atoms with Crippen LogP contribution in [0.5, 0.6) is 5.88 Å². The van der Waals surface area contributed by atoms with Gasteiger partial charge in [-0.3, -0.25) is 20.2 Å². The summed E-state index contributed by atoms with van der Waals surface area (Å²) < 4.78 is 16.8. The first kappa shape index (κ1) is 26.5. The van der Waals surface area contributed by atoms with Gasteiger partial charge in [0.05, 0.1) is 41.3 Å². The van der Waals surface area contributed by atoms with Crippen molar-refractivity contribution >= 4 is 52.3 Å². The van der Waals surface area contributed by atoms with E-state index in [1.54, 1.807) is 36.1 Å². The van der Waals surface area contributed by atoms with Gasteiger partial charge in [0.25, 0.3) is 5.88 Å². The minimum absolute atomic E-state index is 0.0120. The van der Waals surface area contributed by atoms with Crippen LogP contribution >= 0.6 is 11.6 Å². The van der Waals surface area contributed by atoms with Gasteiger partial charge in [0.15, 0.2) is 10.9 Å². The Kier molecular flexibility index (Phi) is 6.28. The lowest BCUT2D eigenvalue weighted by molar-refractivity contribution is -0.153. The molecule has 3 aliphatic heterocycles. The molecule has 1 spiro atoms. The van der Waals surface area contributed by atoms with Crippen LogP contribution in [-0.2, 0) is 27.3 Å². The Morgan fingerprint density at radius 2 is 1.95 bits per heavy atom. The first-order chi connectivity index (χ1) is 19.6. The number of fused-ring (bicyclic) bond motifs is 5. The van der Waals surface area contributed by atoms with Crippen LogP contribution in [0.3, 0.4) is 0 Å². The fourth-order valence-electron chi connectivity index (χ4n) is 5.80. The number of pyridine rings is 1. The van der Waals surface area contributed by atoms with E-state index in [-0.39, 0.29) is 53.3 Å². The summed E-state index contributed by atoms with van der Waals surface area (Å²) in [5.74, 6) is -1.83. The number of carbonyl (C=O) groups is 4. The van der Waals surface area contributed by atoms with E-state index in [2.05, 4.69) is 26.1 Å². The number of urea groups is 1. The molecule has 15 heteroatoms. The number of nitriles is 1. The van der Waals surface area contributed by atoms with Crippen molar-refractivity contribution in [3.63, 3.8) is 0 Å². The van der Waals surface area contributed by atoms with Gasteiger partial charge in [-0.15, -0.1) is 0 Å². The second-order valence-corrected chi connectivity index (χ2v) is 10.5. The van der Waals surface area contributed by atoms with Gasteiger partial charge in [-0.1, -0.05) is 23.7 Å². The van der Waals surface area contributed by atoms with E-state index in [0.29, 0.717) is 11.3 Å². The second kappa shape index (κ2) is 9.72. The fourth-order valence-corrected chi connectivity index (χ4v) is 6.14. The predicted molar refractivity (Wildman–Crippen MR) is 140 cm³/mol. The van der Waals surface area contributed by atoms with Crippen LogP contribution in [0.4, 0.5) is 15.3 Å². The highest BCUT2D eigenvalue weighted by Gasteiger charge is 2.63. The Morgan fingerprint density at radius 1 is 1.24 bits per heavy atom. The number of hydrogen-bond donors (Lipinski definition) is 3. The number of halogens is 1. The maximum atomic E-state index is 13.4. The van der Waals surface area contributed by atoms with Gasteiger partial charge in [-0.05, 0) is 36.7 Å². The van der Waals surface area contributed by atoms with Crippen molar-refractivity contribution in [3.8, 4) is 11.9 Å². The van der Waals surface area contributed by atoms with E-state index in [4.69, 9.17) is 30.9 Å². The molecule has 0 radical (unpaired) electrons. The van der Waals surface area contributed by atoms with Gasteiger partial charge in [0.1, 0.15) is 5.02 Å². The summed E-state index contributed by atoms with van der Waals surface area (Å²) in [6, 6.07) is 6.93. The van der Waals surface area contributed by atoms with E-state index in [9.17, 15) is 19.2 Å². The zero-order chi connectivity index (χ0) is 29.1. The lowest BCUT2D eigenvalue weighted by Gasteiger charge is -2.55. The zero-order valence-electron chi connectivity index (χ0n) is 21.7. The topological polar surface area (TPSA) is 189 Å². The molecule has 0 aliphatic carbocycles. The number of carbonyl (C=O) groups excluding carboxylic acids is 4. The highest BCUT2D eigenvalue weighted by atomic mass is 35.5. The maximum Gasteiger partial charge on any atom is 0.414 e. The molecule has 3 aliphatic rings. The summed E-state index contributed by atoms with van der Waals surface area (Å²) in [7, 11) is 0. The van der Waals surface area contributed by atoms with Gasteiger partial charge in [0, 0.05) is 19.5 Å². The summed E-state index contributed by atoms with van der Waals surface area (Å²) in [5, 5.41) is 19.9. The van der Waals surface area contributed by atoms with Crippen LogP contribution < -0.4 is 25.6 Å². The van der Waals surface area contributed by atoms with Crippen molar-refractivity contribution in [2.24, 2.45) is 5.41 Å². The molecule has 2 saturated heterocycles. The number of morpholine rings is 1. The molecule has 14 nitrogen and oxygen atoms in total. The summed E-state index contributed by atoms with van der Waals surface area (Å²) in [4.78, 5) is 57.6. The van der Waals surface area contributed by atoms with Crippen LogP contribution in [0.2, 0.25) is 5.02 Å². The maximum absolute atomic E-state index is 13.4. The van der Waals surface area contributed by atoms with Crippen molar-refractivity contribution in [3.05, 3.63) is 46.1 Å². The molecule has 5 heterocycles. The SMILES string of the molecule is C[C@@H]1CN2c3c(nc4c(OC(=O)NCc5ccc(C#N)cc5)noc4c3Cl)CC3(C(=O)NC(=O)NC3=O)[C@H]2[C@H](C)O1. The number of hydrogen-bond acceptors (Lipinski definition) is 11. The molecule has 0 unspecified atom stereocenters. The van der Waals surface area contributed by atoms with Crippen LogP contribution in [-0.4, -0.2) is 58.9 Å². The van der Waals surface area contributed by atoms with E-state index < -0.39 is 41.5 Å². The number of nitrogens with zero attached hydrogens (tertiary/aromatic N) is 4. The van der Waals surface area contributed by atoms with Crippen molar-refractivity contribution in [2.45, 2.75) is 45.1 Å². The number of anilines is 1. The summed E-state index contributed by atoms with van der Waals surface area (Å²) in [6.45, 7) is 3.97. The Balaban J connectivity index is 1.35. The standard InChI is InChI=1S/C26H22ClN7O7/c1-11-10-34-18-15(7-26(20(34)12(2)39-11)22(35)31-24(37)32-23(26)36)30-17-19(16(18)27)41-33-21(17)40-25(38)29-9-14-5-3-13(8-28)4-6-14/h3-6,11-12,20H,7,9-10H2,1-2H3,(H,29,38)(H2,31,32,35,36,37)/t11-,12+,20-/m1/s1. The van der Waals surface area contributed by atoms with Crippen molar-refractivity contribution in [1.82, 2.24) is 26.1 Å². The third-order valence-electron chi connectivity index (χ3n) is 7.46. The number of ether oxygens (including phenoxy) is 2. The Labute approximate surface area is 236 Å². The number of nitrogens with one attached hydrogen (secondary N) is 3. The Hall–Kier alpha value is -4.74. The summed E-state index contributed by atoms with van der Waals surface area (Å²) in [5.41, 5.74) is 0.208. The lowest BCUT2D eigenvalue weighted by atomic mass is 9.67. The normalized spacial score (nSPS) is 22.8. The number of barbiturate groups is 1. The molecule has 1 aromatic carbocycles. The minimum Gasteiger partial charge on any atom is -0.385 e. The monoisotopic (exact) mass is 579 g/mol.